The Morgan fingerprint density at radius 3 is 2.53 bits per heavy atom. The molecule has 0 saturated carbocycles. The Kier molecular flexibility index (Phi) is 5.90. The van der Waals surface area contributed by atoms with Crippen LogP contribution < -0.4 is 5.73 Å². The molecule has 1 aliphatic rings. The van der Waals surface area contributed by atoms with Crippen LogP contribution in [-0.4, -0.2) is 43.3 Å². The molecule has 1 heterocycles. The van der Waals surface area contributed by atoms with Gasteiger partial charge in [0.25, 0.3) is 0 Å². The molecule has 2 atom stereocenters. The van der Waals surface area contributed by atoms with Crippen LogP contribution in [0.5, 0.6) is 0 Å². The van der Waals surface area contributed by atoms with Gasteiger partial charge in [0.15, 0.2) is 0 Å². The average Bonchev–Trinajstić information content (AvgIpc) is 2.27. The quantitative estimate of drug-likeness (QED) is 0.802. The van der Waals surface area contributed by atoms with E-state index >= 15 is 0 Å². The van der Waals surface area contributed by atoms with E-state index in [9.17, 15) is 0 Å². The van der Waals surface area contributed by atoms with E-state index in [0.717, 1.165) is 31.5 Å². The lowest BCUT2D eigenvalue weighted by atomic mass is 9.84. The Morgan fingerprint density at radius 2 is 2.00 bits per heavy atom. The third-order valence-corrected chi connectivity index (χ3v) is 3.75. The Bertz CT molecular complexity index is 213. The summed E-state index contributed by atoms with van der Waals surface area (Å²) in [4.78, 5) is 2.53. The van der Waals surface area contributed by atoms with Crippen LogP contribution in [0.3, 0.4) is 0 Å². The molecule has 3 nitrogen and oxygen atoms in total. The fraction of sp³-hybridized carbons (Fsp3) is 1.00. The summed E-state index contributed by atoms with van der Waals surface area (Å²) in [6, 6.07) is 0. The van der Waals surface area contributed by atoms with E-state index < -0.39 is 0 Å². The molecule has 102 valence electrons. The summed E-state index contributed by atoms with van der Waals surface area (Å²) in [6.45, 7) is 13.8. The summed E-state index contributed by atoms with van der Waals surface area (Å²) < 4.78 is 5.79. The van der Waals surface area contributed by atoms with Gasteiger partial charge in [0, 0.05) is 13.1 Å². The predicted octanol–water partition coefficient (Wildman–Crippen LogP) is 2.11. The van der Waals surface area contributed by atoms with Crippen LogP contribution in [0.2, 0.25) is 0 Å². The normalized spacial score (nSPS) is 27.4. The van der Waals surface area contributed by atoms with Gasteiger partial charge in [-0.25, -0.2) is 0 Å². The maximum Gasteiger partial charge on any atom is 0.0600 e. The van der Waals surface area contributed by atoms with Crippen molar-refractivity contribution >= 4 is 0 Å². The van der Waals surface area contributed by atoms with Gasteiger partial charge >= 0.3 is 0 Å². The monoisotopic (exact) mass is 242 g/mol. The Morgan fingerprint density at radius 1 is 1.29 bits per heavy atom. The number of rotatable bonds is 5. The van der Waals surface area contributed by atoms with Crippen molar-refractivity contribution in [3.8, 4) is 0 Å². The molecule has 0 radical (unpaired) electrons. The van der Waals surface area contributed by atoms with Crippen LogP contribution in [0.1, 0.15) is 40.5 Å². The topological polar surface area (TPSA) is 38.5 Å². The lowest BCUT2D eigenvalue weighted by Crippen LogP contribution is -2.44. The first kappa shape index (κ1) is 14.9. The van der Waals surface area contributed by atoms with Crippen LogP contribution >= 0.6 is 0 Å². The third-order valence-electron chi connectivity index (χ3n) is 3.75. The molecule has 2 unspecified atom stereocenters. The summed E-state index contributed by atoms with van der Waals surface area (Å²) in [7, 11) is 0. The van der Waals surface area contributed by atoms with Gasteiger partial charge in [0.1, 0.15) is 0 Å². The van der Waals surface area contributed by atoms with E-state index in [2.05, 4.69) is 32.6 Å². The van der Waals surface area contributed by atoms with Crippen molar-refractivity contribution in [2.45, 2.75) is 46.1 Å². The van der Waals surface area contributed by atoms with Crippen molar-refractivity contribution in [2.24, 2.45) is 17.6 Å². The largest absolute Gasteiger partial charge is 0.375 e. The Balaban J connectivity index is 2.27. The molecule has 17 heavy (non-hydrogen) atoms. The highest BCUT2D eigenvalue weighted by Crippen LogP contribution is 2.25. The summed E-state index contributed by atoms with van der Waals surface area (Å²) in [6.07, 6.45) is 2.50. The van der Waals surface area contributed by atoms with Crippen molar-refractivity contribution in [2.75, 3.05) is 32.8 Å². The number of hydrogen-bond acceptors (Lipinski definition) is 3. The van der Waals surface area contributed by atoms with Crippen LogP contribution in [0.4, 0.5) is 0 Å². The molecule has 2 N–H and O–H groups in total. The number of nitrogens with zero attached hydrogens (tertiary/aromatic N) is 1. The molecule has 1 fully saturated rings. The lowest BCUT2D eigenvalue weighted by Gasteiger charge is -2.38. The first-order valence-corrected chi connectivity index (χ1v) is 7.02. The third kappa shape index (κ3) is 5.36. The maximum absolute atomic E-state index is 5.83. The smallest absolute Gasteiger partial charge is 0.0600 e. The Labute approximate surface area is 107 Å². The molecule has 0 aromatic rings. The van der Waals surface area contributed by atoms with E-state index in [1.165, 1.54) is 25.9 Å². The molecule has 3 heteroatoms. The maximum atomic E-state index is 5.83. The second kappa shape index (κ2) is 6.72. The zero-order chi connectivity index (χ0) is 12.9. The highest BCUT2D eigenvalue weighted by atomic mass is 16.5. The van der Waals surface area contributed by atoms with Crippen molar-refractivity contribution in [3.05, 3.63) is 0 Å². The molecule has 0 aromatic heterocycles. The van der Waals surface area contributed by atoms with Gasteiger partial charge < -0.3 is 15.4 Å². The van der Waals surface area contributed by atoms with Crippen molar-refractivity contribution in [1.29, 1.82) is 0 Å². The first-order valence-electron chi connectivity index (χ1n) is 7.02. The lowest BCUT2D eigenvalue weighted by molar-refractivity contribution is -0.0200. The van der Waals surface area contributed by atoms with Crippen LogP contribution in [-0.2, 0) is 4.74 Å². The number of ether oxygens (including phenoxy) is 1. The van der Waals surface area contributed by atoms with Gasteiger partial charge in [-0.05, 0) is 52.1 Å². The molecular formula is C14H30N2O. The van der Waals surface area contributed by atoms with Crippen LogP contribution in [0.25, 0.3) is 0 Å². The standard InChI is InChI=1S/C14H30N2O/c1-5-12-11-16(7-6-13(12)10-15)8-9-17-14(2,3)4/h12-13H,5-11,15H2,1-4H3. The molecule has 0 aliphatic carbocycles. The first-order chi connectivity index (χ1) is 7.96. The fourth-order valence-corrected chi connectivity index (χ4v) is 2.61. The molecule has 0 spiro atoms. The summed E-state index contributed by atoms with van der Waals surface area (Å²) in [5.74, 6) is 1.52. The highest BCUT2D eigenvalue weighted by molar-refractivity contribution is 4.80. The van der Waals surface area contributed by atoms with Gasteiger partial charge in [-0.2, -0.15) is 0 Å². The summed E-state index contributed by atoms with van der Waals surface area (Å²) in [5.41, 5.74) is 5.81. The van der Waals surface area contributed by atoms with E-state index in [0.29, 0.717) is 0 Å². The summed E-state index contributed by atoms with van der Waals surface area (Å²) >= 11 is 0. The second-order valence-corrected chi connectivity index (χ2v) is 6.21. The molecular weight excluding hydrogens is 212 g/mol. The van der Waals surface area contributed by atoms with Gasteiger partial charge in [-0.15, -0.1) is 0 Å². The average molecular weight is 242 g/mol. The minimum atomic E-state index is -0.0141. The van der Waals surface area contributed by atoms with Crippen LogP contribution in [0.15, 0.2) is 0 Å². The SMILES string of the molecule is CCC1CN(CCOC(C)(C)C)CCC1CN. The number of hydrogen-bond donors (Lipinski definition) is 1. The zero-order valence-electron chi connectivity index (χ0n) is 12.0. The molecule has 0 amide bonds. The van der Waals surface area contributed by atoms with Crippen LogP contribution in [0, 0.1) is 11.8 Å². The van der Waals surface area contributed by atoms with Gasteiger partial charge in [0.05, 0.1) is 12.2 Å². The van der Waals surface area contributed by atoms with E-state index in [1.807, 2.05) is 0 Å². The predicted molar refractivity (Wildman–Crippen MR) is 73.1 cm³/mol. The van der Waals surface area contributed by atoms with Gasteiger partial charge in [-0.3, -0.25) is 0 Å². The second-order valence-electron chi connectivity index (χ2n) is 6.21. The van der Waals surface area contributed by atoms with E-state index in [1.54, 1.807) is 0 Å². The molecule has 1 aliphatic heterocycles. The number of nitrogens with two attached hydrogens (primary N) is 1. The van der Waals surface area contributed by atoms with Crippen molar-refractivity contribution in [3.63, 3.8) is 0 Å². The van der Waals surface area contributed by atoms with Crippen molar-refractivity contribution < 1.29 is 4.74 Å². The highest BCUT2D eigenvalue weighted by Gasteiger charge is 2.26. The number of piperidine rings is 1. The summed E-state index contributed by atoms with van der Waals surface area (Å²) in [5, 5.41) is 0. The molecule has 1 rings (SSSR count). The fourth-order valence-electron chi connectivity index (χ4n) is 2.61. The minimum absolute atomic E-state index is 0.0141. The minimum Gasteiger partial charge on any atom is -0.375 e. The Hall–Kier alpha value is -0.120. The molecule has 0 bridgehead atoms. The van der Waals surface area contributed by atoms with Gasteiger partial charge in [-0.1, -0.05) is 13.3 Å². The number of likely N-dealkylation sites (tertiary alicyclic amines) is 1. The van der Waals surface area contributed by atoms with Gasteiger partial charge in [0.2, 0.25) is 0 Å². The molecule has 1 saturated heterocycles. The zero-order valence-corrected chi connectivity index (χ0v) is 12.0. The molecule has 0 aromatic carbocycles. The van der Waals surface area contributed by atoms with E-state index in [-0.39, 0.29) is 5.60 Å². The van der Waals surface area contributed by atoms with Crippen molar-refractivity contribution in [1.82, 2.24) is 4.90 Å². The van der Waals surface area contributed by atoms with E-state index in [4.69, 9.17) is 10.5 Å².